The van der Waals surface area contributed by atoms with Crippen LogP contribution in [0.15, 0.2) is 38.9 Å². The summed E-state index contributed by atoms with van der Waals surface area (Å²) in [6, 6.07) is 7.48. The monoisotopic (exact) mass is 202 g/mol. The molecule has 2 rings (SSSR count). The Labute approximate surface area is 86.0 Å². The van der Waals surface area contributed by atoms with E-state index in [1.165, 1.54) is 6.21 Å². The van der Waals surface area contributed by atoms with Gasteiger partial charge in [0.25, 0.3) is 0 Å². The van der Waals surface area contributed by atoms with Crippen LogP contribution in [0.5, 0.6) is 0 Å². The van der Waals surface area contributed by atoms with Gasteiger partial charge in [-0.05, 0) is 29.8 Å². The first-order chi connectivity index (χ1) is 7.33. The van der Waals surface area contributed by atoms with Crippen molar-refractivity contribution < 1.29 is 4.42 Å². The van der Waals surface area contributed by atoms with E-state index in [9.17, 15) is 0 Å². The van der Waals surface area contributed by atoms with Crippen LogP contribution in [-0.2, 0) is 0 Å². The zero-order valence-electron chi connectivity index (χ0n) is 7.92. The molecule has 5 nitrogen and oxygen atoms in total. The van der Waals surface area contributed by atoms with Gasteiger partial charge in [-0.3, -0.25) is 0 Å². The van der Waals surface area contributed by atoms with Crippen LogP contribution in [0.25, 0.3) is 11.0 Å². The third kappa shape index (κ3) is 1.80. The van der Waals surface area contributed by atoms with Gasteiger partial charge in [-0.1, -0.05) is 0 Å². The van der Waals surface area contributed by atoms with Crippen LogP contribution in [0.4, 0.5) is 0 Å². The molecule has 0 amide bonds. The molecule has 0 saturated carbocycles. The second kappa shape index (κ2) is 3.83. The van der Waals surface area contributed by atoms with Crippen LogP contribution >= 0.6 is 0 Å². The lowest BCUT2D eigenvalue weighted by atomic mass is 10.2. The number of benzene rings is 1. The Kier molecular flexibility index (Phi) is 2.37. The number of hydrogen-bond acceptors (Lipinski definition) is 5. The quantitative estimate of drug-likeness (QED) is 0.432. The van der Waals surface area contributed by atoms with E-state index in [0.29, 0.717) is 5.76 Å². The van der Waals surface area contributed by atoms with E-state index in [1.54, 1.807) is 6.21 Å². The molecular formula is C10H10N4O. The number of hydrazone groups is 2. The summed E-state index contributed by atoms with van der Waals surface area (Å²) >= 11 is 0. The maximum Gasteiger partial charge on any atom is 0.148 e. The van der Waals surface area contributed by atoms with E-state index in [4.69, 9.17) is 16.1 Å². The molecular weight excluding hydrogens is 192 g/mol. The molecule has 1 aromatic carbocycles. The van der Waals surface area contributed by atoms with Gasteiger partial charge in [0.1, 0.15) is 11.3 Å². The van der Waals surface area contributed by atoms with Crippen molar-refractivity contribution in [1.29, 1.82) is 0 Å². The maximum atomic E-state index is 5.44. The van der Waals surface area contributed by atoms with Crippen LogP contribution in [0.3, 0.4) is 0 Å². The van der Waals surface area contributed by atoms with Crippen molar-refractivity contribution in [3.8, 4) is 0 Å². The minimum absolute atomic E-state index is 0.620. The average Bonchev–Trinajstić information content (AvgIpc) is 2.60. The van der Waals surface area contributed by atoms with E-state index in [1.807, 2.05) is 24.3 Å². The molecule has 0 aliphatic rings. The first-order valence-corrected chi connectivity index (χ1v) is 4.33. The van der Waals surface area contributed by atoms with Crippen molar-refractivity contribution >= 4 is 23.4 Å². The molecule has 76 valence electrons. The molecule has 0 spiro atoms. The largest absolute Gasteiger partial charge is 0.455 e. The Morgan fingerprint density at radius 2 is 1.87 bits per heavy atom. The second-order valence-electron chi connectivity index (χ2n) is 3.00. The minimum Gasteiger partial charge on any atom is -0.455 e. The lowest BCUT2D eigenvalue weighted by Gasteiger charge is -1.90. The molecule has 1 aromatic heterocycles. The molecule has 4 N–H and O–H groups in total. The Bertz CT molecular complexity index is 517. The fourth-order valence-electron chi connectivity index (χ4n) is 1.39. The highest BCUT2D eigenvalue weighted by Gasteiger charge is 2.01. The summed E-state index contributed by atoms with van der Waals surface area (Å²) in [7, 11) is 0. The topological polar surface area (TPSA) is 89.9 Å². The molecule has 0 aliphatic carbocycles. The number of fused-ring (bicyclic) bond motifs is 1. The summed E-state index contributed by atoms with van der Waals surface area (Å²) in [5.74, 6) is 10.7. The molecule has 2 aromatic rings. The van der Waals surface area contributed by atoms with Crippen molar-refractivity contribution in [2.75, 3.05) is 0 Å². The van der Waals surface area contributed by atoms with E-state index < -0.39 is 0 Å². The van der Waals surface area contributed by atoms with E-state index >= 15 is 0 Å². The highest BCUT2D eigenvalue weighted by Crippen LogP contribution is 2.19. The summed E-state index contributed by atoms with van der Waals surface area (Å²) in [4.78, 5) is 0. The van der Waals surface area contributed by atoms with Crippen LogP contribution in [-0.4, -0.2) is 12.4 Å². The van der Waals surface area contributed by atoms with Gasteiger partial charge in [0, 0.05) is 5.39 Å². The van der Waals surface area contributed by atoms with Crippen LogP contribution < -0.4 is 11.7 Å². The highest BCUT2D eigenvalue weighted by atomic mass is 16.3. The molecule has 1 heterocycles. The van der Waals surface area contributed by atoms with Gasteiger partial charge < -0.3 is 16.1 Å². The van der Waals surface area contributed by atoms with Gasteiger partial charge in [0.2, 0.25) is 0 Å². The molecule has 0 atom stereocenters. The zero-order valence-corrected chi connectivity index (χ0v) is 7.92. The number of furan rings is 1. The Morgan fingerprint density at radius 3 is 2.60 bits per heavy atom. The lowest BCUT2D eigenvalue weighted by molar-refractivity contribution is 0.607. The number of nitrogens with zero attached hydrogens (tertiary/aromatic N) is 2. The maximum absolute atomic E-state index is 5.44. The van der Waals surface area contributed by atoms with Gasteiger partial charge in [0.15, 0.2) is 0 Å². The predicted octanol–water partition coefficient (Wildman–Crippen LogP) is 1.02. The first kappa shape index (κ1) is 9.26. The molecule has 0 fully saturated rings. The second-order valence-corrected chi connectivity index (χ2v) is 3.00. The zero-order chi connectivity index (χ0) is 10.7. The fraction of sp³-hybridized carbons (Fsp3) is 0. The molecule has 0 aliphatic heterocycles. The Morgan fingerprint density at radius 1 is 1.07 bits per heavy atom. The molecule has 0 unspecified atom stereocenters. The van der Waals surface area contributed by atoms with Gasteiger partial charge >= 0.3 is 0 Å². The van der Waals surface area contributed by atoms with Gasteiger partial charge in [-0.25, -0.2) is 0 Å². The van der Waals surface area contributed by atoms with Crippen molar-refractivity contribution in [1.82, 2.24) is 0 Å². The third-order valence-electron chi connectivity index (χ3n) is 1.98. The van der Waals surface area contributed by atoms with Crippen LogP contribution in [0.2, 0.25) is 0 Å². The number of nitrogens with two attached hydrogens (primary N) is 2. The van der Waals surface area contributed by atoms with Gasteiger partial charge in [0.05, 0.1) is 12.4 Å². The van der Waals surface area contributed by atoms with E-state index in [0.717, 1.165) is 16.5 Å². The van der Waals surface area contributed by atoms with Crippen LogP contribution in [0.1, 0.15) is 11.3 Å². The summed E-state index contributed by atoms with van der Waals surface area (Å²) in [6.07, 6.45) is 3.03. The van der Waals surface area contributed by atoms with Crippen molar-refractivity contribution in [2.45, 2.75) is 0 Å². The van der Waals surface area contributed by atoms with E-state index in [2.05, 4.69) is 10.2 Å². The minimum atomic E-state index is 0.620. The summed E-state index contributed by atoms with van der Waals surface area (Å²) < 4.78 is 5.44. The Hall–Kier alpha value is -2.30. The molecule has 0 saturated heterocycles. The summed E-state index contributed by atoms with van der Waals surface area (Å²) in [5, 5.41) is 7.81. The van der Waals surface area contributed by atoms with E-state index in [-0.39, 0.29) is 0 Å². The summed E-state index contributed by atoms with van der Waals surface area (Å²) in [6.45, 7) is 0. The molecule has 0 bridgehead atoms. The van der Waals surface area contributed by atoms with Gasteiger partial charge in [-0.2, -0.15) is 10.2 Å². The van der Waals surface area contributed by atoms with Crippen molar-refractivity contribution in [2.24, 2.45) is 21.9 Å². The number of hydrogen-bond donors (Lipinski definition) is 2. The highest BCUT2D eigenvalue weighted by molar-refractivity contribution is 5.91. The fourth-order valence-corrected chi connectivity index (χ4v) is 1.39. The summed E-state index contributed by atoms with van der Waals surface area (Å²) in [5.41, 5.74) is 1.70. The van der Waals surface area contributed by atoms with Crippen LogP contribution in [0, 0.1) is 0 Å². The molecule has 15 heavy (non-hydrogen) atoms. The first-order valence-electron chi connectivity index (χ1n) is 4.33. The predicted molar refractivity (Wildman–Crippen MR) is 59.8 cm³/mol. The smallest absolute Gasteiger partial charge is 0.148 e. The van der Waals surface area contributed by atoms with Crippen molar-refractivity contribution in [3.63, 3.8) is 0 Å². The average molecular weight is 202 g/mol. The number of rotatable bonds is 2. The SMILES string of the molecule is NN=Cc1ccc2oc(/C=N\N)cc2c1. The standard InChI is InChI=1S/C10H10N4O/c11-13-5-7-1-2-10-8(3-7)4-9(15-10)6-14-12/h1-6H,11-12H2/b13-5?,14-6-. The Balaban J connectivity index is 2.51. The van der Waals surface area contributed by atoms with Gasteiger partial charge in [-0.15, -0.1) is 0 Å². The third-order valence-corrected chi connectivity index (χ3v) is 1.98. The normalized spacial score (nSPS) is 12.0. The molecule has 5 heteroatoms. The lowest BCUT2D eigenvalue weighted by Crippen LogP contribution is -1.84. The van der Waals surface area contributed by atoms with Crippen molar-refractivity contribution in [3.05, 3.63) is 35.6 Å². The molecule has 0 radical (unpaired) electrons.